The molecule has 1 amide bonds. The first kappa shape index (κ1) is 18.7. The summed E-state index contributed by atoms with van der Waals surface area (Å²) in [6.07, 6.45) is 1.03. The topological polar surface area (TPSA) is 60.0 Å². The highest BCUT2D eigenvalue weighted by molar-refractivity contribution is 5.85. The summed E-state index contributed by atoms with van der Waals surface area (Å²) in [5.41, 5.74) is 0. The molecule has 1 aliphatic heterocycles. The number of hydrogen-bond donors (Lipinski definition) is 2. The van der Waals surface area contributed by atoms with Crippen LogP contribution in [0.2, 0.25) is 0 Å². The Labute approximate surface area is 135 Å². The van der Waals surface area contributed by atoms with Gasteiger partial charge in [-0.25, -0.2) is 4.99 Å². The molecule has 6 nitrogen and oxygen atoms in total. The second-order valence-electron chi connectivity index (χ2n) is 6.66. The molecular weight excluding hydrogens is 278 g/mol. The van der Waals surface area contributed by atoms with E-state index in [1.807, 2.05) is 0 Å². The minimum atomic E-state index is 0.0147. The molecule has 0 aromatic heterocycles. The highest BCUT2D eigenvalue weighted by Gasteiger charge is 2.31. The molecule has 0 radical (unpaired) electrons. The summed E-state index contributed by atoms with van der Waals surface area (Å²) in [6, 6.07) is 0.938. The molecule has 0 spiro atoms. The van der Waals surface area contributed by atoms with Crippen LogP contribution in [-0.4, -0.2) is 74.0 Å². The molecule has 0 aliphatic carbocycles. The van der Waals surface area contributed by atoms with Crippen molar-refractivity contribution in [2.75, 3.05) is 40.3 Å². The summed E-state index contributed by atoms with van der Waals surface area (Å²) >= 11 is 0. The van der Waals surface area contributed by atoms with E-state index < -0.39 is 0 Å². The van der Waals surface area contributed by atoms with Crippen LogP contribution in [0.25, 0.3) is 0 Å². The average molecular weight is 311 g/mol. The fraction of sp³-hybridized carbons (Fsp3) is 0.875. The summed E-state index contributed by atoms with van der Waals surface area (Å²) in [6.45, 7) is 12.0. The molecule has 2 atom stereocenters. The second-order valence-corrected chi connectivity index (χ2v) is 6.66. The molecule has 2 N–H and O–H groups in total. The van der Waals surface area contributed by atoms with Gasteiger partial charge in [-0.1, -0.05) is 13.8 Å². The summed E-state index contributed by atoms with van der Waals surface area (Å²) < 4.78 is 0. The monoisotopic (exact) mass is 311 g/mol. The number of rotatable bonds is 6. The smallest absolute Gasteiger partial charge is 0.243 e. The minimum absolute atomic E-state index is 0.0147. The van der Waals surface area contributed by atoms with Gasteiger partial charge in [-0.2, -0.15) is 0 Å². The Morgan fingerprint density at radius 3 is 2.55 bits per heavy atom. The molecule has 1 fully saturated rings. The van der Waals surface area contributed by atoms with E-state index in [4.69, 9.17) is 0 Å². The normalized spacial score (nSPS) is 23.0. The molecule has 1 saturated heterocycles. The molecule has 1 rings (SSSR count). The second kappa shape index (κ2) is 8.98. The first-order valence-corrected chi connectivity index (χ1v) is 8.34. The van der Waals surface area contributed by atoms with E-state index in [9.17, 15) is 4.79 Å². The van der Waals surface area contributed by atoms with E-state index in [1.165, 1.54) is 0 Å². The Hall–Kier alpha value is -1.30. The van der Waals surface area contributed by atoms with E-state index >= 15 is 0 Å². The number of nitrogens with zero attached hydrogens (tertiary/aromatic N) is 3. The third-order valence-corrected chi connectivity index (χ3v) is 4.11. The van der Waals surface area contributed by atoms with Crippen LogP contribution in [0, 0.1) is 5.92 Å². The maximum absolute atomic E-state index is 11.7. The molecule has 1 aliphatic rings. The molecule has 0 saturated carbocycles. The van der Waals surface area contributed by atoms with Crippen molar-refractivity contribution in [2.24, 2.45) is 10.9 Å². The molecule has 0 bridgehead atoms. The number of carbonyl (C=O) groups excluding carboxylic acids is 1. The van der Waals surface area contributed by atoms with Crippen molar-refractivity contribution in [3.05, 3.63) is 0 Å². The van der Waals surface area contributed by atoms with Gasteiger partial charge in [0.2, 0.25) is 5.91 Å². The number of carbonyl (C=O) groups is 1. The van der Waals surface area contributed by atoms with Crippen molar-refractivity contribution in [1.29, 1.82) is 0 Å². The lowest BCUT2D eigenvalue weighted by Crippen LogP contribution is -2.47. The van der Waals surface area contributed by atoms with Crippen LogP contribution < -0.4 is 10.6 Å². The van der Waals surface area contributed by atoms with Gasteiger partial charge in [0.15, 0.2) is 5.96 Å². The van der Waals surface area contributed by atoms with Crippen molar-refractivity contribution < 1.29 is 4.79 Å². The van der Waals surface area contributed by atoms with Crippen molar-refractivity contribution in [2.45, 2.75) is 46.2 Å². The molecule has 22 heavy (non-hydrogen) atoms. The average Bonchev–Trinajstić information content (AvgIpc) is 2.82. The van der Waals surface area contributed by atoms with Crippen molar-refractivity contribution in [3.8, 4) is 0 Å². The number of nitrogens with one attached hydrogen (secondary N) is 2. The van der Waals surface area contributed by atoms with Crippen LogP contribution in [0.1, 0.15) is 34.1 Å². The van der Waals surface area contributed by atoms with Gasteiger partial charge in [0, 0.05) is 45.8 Å². The zero-order chi connectivity index (χ0) is 16.7. The van der Waals surface area contributed by atoms with Crippen LogP contribution >= 0.6 is 0 Å². The van der Waals surface area contributed by atoms with Crippen LogP contribution in [0.15, 0.2) is 4.99 Å². The first-order valence-electron chi connectivity index (χ1n) is 8.34. The van der Waals surface area contributed by atoms with E-state index in [0.29, 0.717) is 18.0 Å². The van der Waals surface area contributed by atoms with E-state index in [-0.39, 0.29) is 12.5 Å². The van der Waals surface area contributed by atoms with Crippen molar-refractivity contribution in [3.63, 3.8) is 0 Å². The molecule has 0 aromatic carbocycles. The minimum Gasteiger partial charge on any atom is -0.356 e. The molecule has 1 heterocycles. The van der Waals surface area contributed by atoms with Gasteiger partial charge in [0.1, 0.15) is 6.54 Å². The summed E-state index contributed by atoms with van der Waals surface area (Å²) in [5, 5.41) is 6.81. The van der Waals surface area contributed by atoms with Gasteiger partial charge in [-0.05, 0) is 26.2 Å². The van der Waals surface area contributed by atoms with E-state index in [0.717, 1.165) is 32.0 Å². The van der Waals surface area contributed by atoms with Crippen LogP contribution in [0.3, 0.4) is 0 Å². The molecule has 128 valence electrons. The van der Waals surface area contributed by atoms with Crippen LogP contribution in [-0.2, 0) is 4.79 Å². The zero-order valence-electron chi connectivity index (χ0n) is 15.0. The quantitative estimate of drug-likeness (QED) is 0.561. The SMILES string of the molecule is CCCNC(=NCC(=O)N(C)C)NC1CN(C(C)C)CC1C. The van der Waals surface area contributed by atoms with Crippen LogP contribution in [0.4, 0.5) is 0 Å². The number of hydrogen-bond acceptors (Lipinski definition) is 3. The largest absolute Gasteiger partial charge is 0.356 e. The Kier molecular flexibility index (Phi) is 7.65. The highest BCUT2D eigenvalue weighted by Crippen LogP contribution is 2.18. The third-order valence-electron chi connectivity index (χ3n) is 4.11. The van der Waals surface area contributed by atoms with Crippen molar-refractivity contribution >= 4 is 11.9 Å². The first-order chi connectivity index (χ1) is 10.3. The predicted octanol–water partition coefficient (Wildman–Crippen LogP) is 0.749. The predicted molar refractivity (Wildman–Crippen MR) is 92.1 cm³/mol. The summed E-state index contributed by atoms with van der Waals surface area (Å²) in [5.74, 6) is 1.33. The van der Waals surface area contributed by atoms with Gasteiger partial charge in [0.05, 0.1) is 0 Å². The highest BCUT2D eigenvalue weighted by atomic mass is 16.2. The molecule has 0 aromatic rings. The Balaban J connectivity index is 2.64. The fourth-order valence-corrected chi connectivity index (χ4v) is 2.47. The molecular formula is C16H33N5O. The van der Waals surface area contributed by atoms with E-state index in [2.05, 4.69) is 48.2 Å². The lowest BCUT2D eigenvalue weighted by molar-refractivity contribution is -0.127. The third kappa shape index (κ3) is 5.83. The Bertz CT molecular complexity index is 381. The van der Waals surface area contributed by atoms with Gasteiger partial charge in [0.25, 0.3) is 0 Å². The maximum Gasteiger partial charge on any atom is 0.243 e. The Morgan fingerprint density at radius 1 is 1.36 bits per heavy atom. The summed E-state index contributed by atoms with van der Waals surface area (Å²) in [7, 11) is 3.51. The van der Waals surface area contributed by atoms with Crippen LogP contribution in [0.5, 0.6) is 0 Å². The lowest BCUT2D eigenvalue weighted by Gasteiger charge is -2.22. The number of likely N-dealkylation sites (N-methyl/N-ethyl adjacent to an activating group) is 1. The number of guanidine groups is 1. The van der Waals surface area contributed by atoms with E-state index in [1.54, 1.807) is 19.0 Å². The standard InChI is InChI=1S/C16H33N5O/c1-7-8-17-16(18-9-15(22)20(5)6)19-14-11-21(12(2)3)10-13(14)4/h12-14H,7-11H2,1-6H3,(H2,17,18,19). The van der Waals surface area contributed by atoms with Gasteiger partial charge >= 0.3 is 0 Å². The molecule has 6 heteroatoms. The van der Waals surface area contributed by atoms with Gasteiger partial charge in [-0.15, -0.1) is 0 Å². The lowest BCUT2D eigenvalue weighted by atomic mass is 10.1. The zero-order valence-corrected chi connectivity index (χ0v) is 15.0. The number of amides is 1. The maximum atomic E-state index is 11.7. The summed E-state index contributed by atoms with van der Waals surface area (Å²) in [4.78, 5) is 20.2. The molecule has 2 unspecified atom stereocenters. The van der Waals surface area contributed by atoms with Gasteiger partial charge in [-0.3, -0.25) is 9.69 Å². The number of aliphatic imine (C=N–C) groups is 1. The van der Waals surface area contributed by atoms with Crippen molar-refractivity contribution in [1.82, 2.24) is 20.4 Å². The van der Waals surface area contributed by atoms with Gasteiger partial charge < -0.3 is 15.5 Å². The fourth-order valence-electron chi connectivity index (χ4n) is 2.47. The number of likely N-dealkylation sites (tertiary alicyclic amines) is 1. The Morgan fingerprint density at radius 2 is 2.05 bits per heavy atom.